The van der Waals surface area contributed by atoms with Gasteiger partial charge in [0.05, 0.1) is 12.4 Å². The van der Waals surface area contributed by atoms with Gasteiger partial charge < -0.3 is 10.1 Å². The highest BCUT2D eigenvalue weighted by Crippen LogP contribution is 2.22. The summed E-state index contributed by atoms with van der Waals surface area (Å²) in [6.45, 7) is 6.52. The largest absolute Gasteiger partial charge is 0.493 e. The van der Waals surface area contributed by atoms with Crippen LogP contribution < -0.4 is 14.8 Å². The van der Waals surface area contributed by atoms with Gasteiger partial charge in [-0.05, 0) is 38.3 Å². The standard InChI is InChI=1S/C16H26N2O4S/c1-4-23(20,21)18-11-10-17-15(19)9-6-12-22-16-13(2)7-5-8-14(16)3/h5,7-8,18H,4,6,9-12H2,1-3H3,(H,17,19). The van der Waals surface area contributed by atoms with Crippen LogP contribution >= 0.6 is 0 Å². The summed E-state index contributed by atoms with van der Waals surface area (Å²) in [4.78, 5) is 11.6. The summed E-state index contributed by atoms with van der Waals surface area (Å²) in [5, 5.41) is 2.68. The van der Waals surface area contributed by atoms with Gasteiger partial charge in [0.25, 0.3) is 0 Å². The van der Waals surface area contributed by atoms with Crippen LogP contribution in [0, 0.1) is 13.8 Å². The SMILES string of the molecule is CCS(=O)(=O)NCCNC(=O)CCCOc1c(C)cccc1C. The van der Waals surface area contributed by atoms with Crippen LogP contribution in [0.4, 0.5) is 0 Å². The van der Waals surface area contributed by atoms with Gasteiger partial charge in [0.15, 0.2) is 0 Å². The Balaban J connectivity index is 2.17. The predicted molar refractivity (Wildman–Crippen MR) is 91.1 cm³/mol. The van der Waals surface area contributed by atoms with Crippen molar-refractivity contribution in [3.05, 3.63) is 29.3 Å². The highest BCUT2D eigenvalue weighted by Gasteiger charge is 2.07. The monoisotopic (exact) mass is 342 g/mol. The minimum absolute atomic E-state index is 0.0383. The van der Waals surface area contributed by atoms with Crippen molar-refractivity contribution in [1.82, 2.24) is 10.0 Å². The summed E-state index contributed by atoms with van der Waals surface area (Å²) < 4.78 is 30.5. The maximum atomic E-state index is 11.6. The van der Waals surface area contributed by atoms with Crippen LogP contribution in [0.2, 0.25) is 0 Å². The first-order valence-corrected chi connectivity index (χ1v) is 9.44. The number of ether oxygens (including phenoxy) is 1. The molecule has 0 aliphatic carbocycles. The number of nitrogens with one attached hydrogen (secondary N) is 2. The van der Waals surface area contributed by atoms with Gasteiger partial charge in [0.2, 0.25) is 15.9 Å². The zero-order chi connectivity index (χ0) is 17.3. The molecule has 0 spiro atoms. The first kappa shape index (κ1) is 19.4. The van der Waals surface area contributed by atoms with E-state index >= 15 is 0 Å². The Bertz CT molecular complexity index is 594. The number of hydrogen-bond donors (Lipinski definition) is 2. The summed E-state index contributed by atoms with van der Waals surface area (Å²) in [5.41, 5.74) is 2.16. The number of aryl methyl sites for hydroxylation is 2. The van der Waals surface area contributed by atoms with Crippen LogP contribution in [0.25, 0.3) is 0 Å². The molecule has 0 bridgehead atoms. The van der Waals surface area contributed by atoms with E-state index in [1.165, 1.54) is 0 Å². The fourth-order valence-electron chi connectivity index (χ4n) is 2.03. The Morgan fingerprint density at radius 1 is 1.17 bits per heavy atom. The molecular weight excluding hydrogens is 316 g/mol. The van der Waals surface area contributed by atoms with Crippen LogP contribution in [0.1, 0.15) is 30.9 Å². The second-order valence-electron chi connectivity index (χ2n) is 5.32. The molecule has 0 fully saturated rings. The lowest BCUT2D eigenvalue weighted by atomic mass is 10.1. The molecule has 2 N–H and O–H groups in total. The lowest BCUT2D eigenvalue weighted by Crippen LogP contribution is -2.35. The maximum absolute atomic E-state index is 11.6. The Kier molecular flexibility index (Phi) is 8.05. The van der Waals surface area contributed by atoms with E-state index in [2.05, 4.69) is 10.0 Å². The fourth-order valence-corrected chi connectivity index (χ4v) is 2.65. The smallest absolute Gasteiger partial charge is 0.220 e. The average Bonchev–Trinajstić information content (AvgIpc) is 2.50. The molecule has 0 radical (unpaired) electrons. The third-order valence-corrected chi connectivity index (χ3v) is 4.76. The summed E-state index contributed by atoms with van der Waals surface area (Å²) in [6.07, 6.45) is 0.964. The van der Waals surface area contributed by atoms with Gasteiger partial charge in [-0.25, -0.2) is 13.1 Å². The minimum atomic E-state index is -3.20. The molecule has 130 valence electrons. The van der Waals surface area contributed by atoms with Crippen LogP contribution in [0.3, 0.4) is 0 Å². The van der Waals surface area contributed by atoms with Gasteiger partial charge in [0.1, 0.15) is 5.75 Å². The van der Waals surface area contributed by atoms with Gasteiger partial charge >= 0.3 is 0 Å². The molecular formula is C16H26N2O4S. The molecule has 0 aromatic heterocycles. The van der Waals surface area contributed by atoms with Crippen LogP contribution in [-0.4, -0.2) is 39.8 Å². The van der Waals surface area contributed by atoms with Crippen molar-refractivity contribution in [3.8, 4) is 5.75 Å². The van der Waals surface area contributed by atoms with E-state index in [9.17, 15) is 13.2 Å². The second-order valence-corrected chi connectivity index (χ2v) is 7.42. The number of amides is 1. The molecule has 0 unspecified atom stereocenters. The highest BCUT2D eigenvalue weighted by molar-refractivity contribution is 7.89. The second kappa shape index (κ2) is 9.52. The first-order valence-electron chi connectivity index (χ1n) is 7.78. The third-order valence-electron chi connectivity index (χ3n) is 3.35. The topological polar surface area (TPSA) is 84.5 Å². The van der Waals surface area contributed by atoms with Crippen molar-refractivity contribution in [3.63, 3.8) is 0 Å². The van der Waals surface area contributed by atoms with Gasteiger partial charge in [0, 0.05) is 19.5 Å². The van der Waals surface area contributed by atoms with Gasteiger partial charge in [-0.2, -0.15) is 0 Å². The number of rotatable bonds is 10. The first-order chi connectivity index (χ1) is 10.9. The summed E-state index contributed by atoms with van der Waals surface area (Å²) in [5.74, 6) is 0.809. The van der Waals surface area contributed by atoms with E-state index in [4.69, 9.17) is 4.74 Å². The highest BCUT2D eigenvalue weighted by atomic mass is 32.2. The molecule has 7 heteroatoms. The summed E-state index contributed by atoms with van der Waals surface area (Å²) in [7, 11) is -3.20. The third kappa shape index (κ3) is 7.47. The Morgan fingerprint density at radius 3 is 2.43 bits per heavy atom. The molecule has 1 amide bonds. The molecule has 0 aliphatic heterocycles. The Morgan fingerprint density at radius 2 is 1.83 bits per heavy atom. The zero-order valence-electron chi connectivity index (χ0n) is 14.0. The van der Waals surface area contributed by atoms with E-state index in [1.807, 2.05) is 32.0 Å². The van der Waals surface area contributed by atoms with Crippen molar-refractivity contribution < 1.29 is 17.9 Å². The molecule has 0 saturated heterocycles. The average molecular weight is 342 g/mol. The number of sulfonamides is 1. The Hall–Kier alpha value is -1.60. The Labute approximate surface area is 138 Å². The van der Waals surface area contributed by atoms with Crippen LogP contribution in [-0.2, 0) is 14.8 Å². The zero-order valence-corrected chi connectivity index (χ0v) is 14.8. The van der Waals surface area contributed by atoms with E-state index in [1.54, 1.807) is 6.92 Å². The lowest BCUT2D eigenvalue weighted by molar-refractivity contribution is -0.121. The summed E-state index contributed by atoms with van der Waals surface area (Å²) >= 11 is 0. The number of para-hydroxylation sites is 1. The van der Waals surface area contributed by atoms with E-state index in [0.717, 1.165) is 16.9 Å². The van der Waals surface area contributed by atoms with Crippen molar-refractivity contribution in [2.24, 2.45) is 0 Å². The van der Waals surface area contributed by atoms with E-state index in [-0.39, 0.29) is 24.7 Å². The van der Waals surface area contributed by atoms with Crippen molar-refractivity contribution in [2.45, 2.75) is 33.6 Å². The minimum Gasteiger partial charge on any atom is -0.493 e. The molecule has 1 rings (SSSR count). The molecule has 0 atom stereocenters. The molecule has 0 aliphatic rings. The van der Waals surface area contributed by atoms with Crippen LogP contribution in [0.5, 0.6) is 5.75 Å². The molecule has 0 saturated carbocycles. The number of carbonyl (C=O) groups excluding carboxylic acids is 1. The van der Waals surface area contributed by atoms with Crippen molar-refractivity contribution in [2.75, 3.05) is 25.4 Å². The van der Waals surface area contributed by atoms with Gasteiger partial charge in [-0.15, -0.1) is 0 Å². The molecule has 1 aromatic rings. The molecule has 1 aromatic carbocycles. The van der Waals surface area contributed by atoms with E-state index in [0.29, 0.717) is 19.4 Å². The van der Waals surface area contributed by atoms with Crippen molar-refractivity contribution >= 4 is 15.9 Å². The lowest BCUT2D eigenvalue weighted by Gasteiger charge is -2.11. The number of benzene rings is 1. The van der Waals surface area contributed by atoms with Crippen LogP contribution in [0.15, 0.2) is 18.2 Å². The quantitative estimate of drug-likeness (QED) is 0.631. The van der Waals surface area contributed by atoms with Gasteiger partial charge in [-0.1, -0.05) is 18.2 Å². The van der Waals surface area contributed by atoms with E-state index < -0.39 is 10.0 Å². The van der Waals surface area contributed by atoms with Crippen molar-refractivity contribution in [1.29, 1.82) is 0 Å². The normalized spacial score (nSPS) is 11.3. The predicted octanol–water partition coefficient (Wildman–Crippen LogP) is 1.52. The summed E-state index contributed by atoms with van der Waals surface area (Å²) in [6, 6.07) is 5.97. The van der Waals surface area contributed by atoms with Gasteiger partial charge in [-0.3, -0.25) is 4.79 Å². The molecule has 23 heavy (non-hydrogen) atoms. The number of hydrogen-bond acceptors (Lipinski definition) is 4. The fraction of sp³-hybridized carbons (Fsp3) is 0.562. The molecule has 0 heterocycles. The molecule has 6 nitrogen and oxygen atoms in total. The number of carbonyl (C=O) groups is 1. The maximum Gasteiger partial charge on any atom is 0.220 e.